The fourth-order valence-electron chi connectivity index (χ4n) is 2.67. The van der Waals surface area contributed by atoms with Crippen LogP contribution in [0.15, 0.2) is 47.5 Å². The van der Waals surface area contributed by atoms with Gasteiger partial charge in [0.05, 0.1) is 12.6 Å². The highest BCUT2D eigenvalue weighted by Gasteiger charge is 2.20. The zero-order valence-electron chi connectivity index (χ0n) is 12.9. The summed E-state index contributed by atoms with van der Waals surface area (Å²) in [7, 11) is 0. The van der Waals surface area contributed by atoms with E-state index in [0.29, 0.717) is 12.0 Å². The van der Waals surface area contributed by atoms with Gasteiger partial charge in [0, 0.05) is 11.3 Å². The van der Waals surface area contributed by atoms with Crippen molar-refractivity contribution in [1.29, 1.82) is 0 Å². The third-order valence-corrected chi connectivity index (χ3v) is 4.65. The Bertz CT molecular complexity index is 731. The van der Waals surface area contributed by atoms with Crippen molar-refractivity contribution >= 4 is 16.9 Å². The topological polar surface area (TPSA) is 24.4 Å². The van der Waals surface area contributed by atoms with Gasteiger partial charge in [0.1, 0.15) is 11.6 Å². The van der Waals surface area contributed by atoms with Crippen LogP contribution in [0.3, 0.4) is 0 Å². The molecule has 1 heterocycles. The fourth-order valence-corrected chi connectivity index (χ4v) is 3.45. The van der Waals surface area contributed by atoms with E-state index in [1.165, 1.54) is 12.1 Å². The molecule has 23 heavy (non-hydrogen) atoms. The lowest BCUT2D eigenvalue weighted by Gasteiger charge is -2.21. The van der Waals surface area contributed by atoms with Gasteiger partial charge in [0.15, 0.2) is 5.17 Å². The molecule has 0 radical (unpaired) electrons. The maximum atomic E-state index is 14.2. The highest BCUT2D eigenvalue weighted by atomic mass is 32.2. The second-order valence-corrected chi connectivity index (χ2v) is 6.67. The number of rotatable bonds is 4. The third kappa shape index (κ3) is 4.10. The van der Waals surface area contributed by atoms with E-state index in [-0.39, 0.29) is 6.04 Å². The number of hydrogen-bond donors (Lipinski definition) is 1. The van der Waals surface area contributed by atoms with Gasteiger partial charge in [-0.1, -0.05) is 41.6 Å². The molecule has 0 saturated heterocycles. The fraction of sp³-hybridized carbons (Fsp3) is 0.278. The Morgan fingerprint density at radius 3 is 2.83 bits per heavy atom. The summed E-state index contributed by atoms with van der Waals surface area (Å²) in [4.78, 5) is 4.36. The number of halogens is 2. The van der Waals surface area contributed by atoms with E-state index in [1.807, 2.05) is 25.1 Å². The molecular weight excluding hydrogens is 314 g/mol. The Kier molecular flexibility index (Phi) is 4.96. The van der Waals surface area contributed by atoms with Crippen LogP contribution in [0.4, 0.5) is 8.78 Å². The van der Waals surface area contributed by atoms with E-state index >= 15 is 0 Å². The minimum absolute atomic E-state index is 0.335. The van der Waals surface area contributed by atoms with E-state index in [1.54, 1.807) is 11.8 Å². The molecule has 0 saturated carbocycles. The second kappa shape index (κ2) is 7.13. The Balaban J connectivity index is 1.90. The smallest absolute Gasteiger partial charge is 0.157 e. The monoisotopic (exact) mass is 332 g/mol. The molecule has 1 atom stereocenters. The molecule has 2 nitrogen and oxygen atoms in total. The van der Waals surface area contributed by atoms with Crippen molar-refractivity contribution in [2.75, 3.05) is 12.3 Å². The third-order valence-electron chi connectivity index (χ3n) is 3.74. The van der Waals surface area contributed by atoms with Crippen molar-refractivity contribution in [1.82, 2.24) is 5.32 Å². The molecule has 120 valence electrons. The minimum Gasteiger partial charge on any atom is -0.358 e. The van der Waals surface area contributed by atoms with Gasteiger partial charge in [-0.15, -0.1) is 0 Å². The molecule has 0 aliphatic carbocycles. The predicted molar refractivity (Wildman–Crippen MR) is 91.9 cm³/mol. The van der Waals surface area contributed by atoms with Gasteiger partial charge in [-0.2, -0.15) is 0 Å². The van der Waals surface area contributed by atoms with Crippen LogP contribution in [0.25, 0.3) is 0 Å². The molecule has 0 aromatic heterocycles. The maximum absolute atomic E-state index is 14.2. The van der Waals surface area contributed by atoms with Crippen LogP contribution in [0.1, 0.15) is 22.7 Å². The average molecular weight is 332 g/mol. The molecule has 5 heteroatoms. The Hall–Kier alpha value is -1.88. The van der Waals surface area contributed by atoms with Crippen LogP contribution in [0, 0.1) is 18.6 Å². The minimum atomic E-state index is -0.432. The van der Waals surface area contributed by atoms with E-state index in [9.17, 15) is 8.78 Å². The van der Waals surface area contributed by atoms with Gasteiger partial charge in [-0.05, 0) is 37.1 Å². The number of hydrogen-bond acceptors (Lipinski definition) is 3. The Morgan fingerprint density at radius 1 is 1.22 bits per heavy atom. The average Bonchev–Trinajstić information content (AvgIpc) is 3.02. The molecule has 0 amide bonds. The van der Waals surface area contributed by atoms with Crippen LogP contribution in [0.5, 0.6) is 0 Å². The molecule has 1 aliphatic heterocycles. The number of nitrogens with zero attached hydrogens (tertiary/aromatic N) is 1. The molecular formula is C18H18F2N2S. The van der Waals surface area contributed by atoms with E-state index in [4.69, 9.17) is 0 Å². The highest BCUT2D eigenvalue weighted by molar-refractivity contribution is 8.14. The molecule has 2 aromatic carbocycles. The SMILES string of the molecule is Cc1cccc(CC(NC2=NCCS2)c2cc(F)ccc2F)c1. The number of nitrogens with one attached hydrogen (secondary N) is 1. The second-order valence-electron chi connectivity index (χ2n) is 5.59. The summed E-state index contributed by atoms with van der Waals surface area (Å²) in [6.07, 6.45) is 0.571. The first-order chi connectivity index (χ1) is 11.1. The van der Waals surface area contributed by atoms with E-state index < -0.39 is 11.6 Å². The molecule has 0 spiro atoms. The normalized spacial score (nSPS) is 15.3. The Labute approximate surface area is 139 Å². The first kappa shape index (κ1) is 16.0. The summed E-state index contributed by atoms with van der Waals surface area (Å²) in [6, 6.07) is 11.3. The van der Waals surface area contributed by atoms with Crippen LogP contribution < -0.4 is 5.32 Å². The summed E-state index contributed by atoms with van der Waals surface area (Å²) in [5.41, 5.74) is 2.56. The largest absolute Gasteiger partial charge is 0.358 e. The Morgan fingerprint density at radius 2 is 2.09 bits per heavy atom. The number of aliphatic imine (C=N–C) groups is 1. The van der Waals surface area contributed by atoms with E-state index in [0.717, 1.165) is 34.7 Å². The van der Waals surface area contributed by atoms with Gasteiger partial charge < -0.3 is 5.32 Å². The zero-order chi connectivity index (χ0) is 16.2. The van der Waals surface area contributed by atoms with Crippen LogP contribution in [-0.4, -0.2) is 17.5 Å². The summed E-state index contributed by atoms with van der Waals surface area (Å²) < 4.78 is 27.8. The molecule has 1 unspecified atom stereocenters. The quantitative estimate of drug-likeness (QED) is 0.905. The van der Waals surface area contributed by atoms with Gasteiger partial charge >= 0.3 is 0 Å². The van der Waals surface area contributed by atoms with Crippen LogP contribution >= 0.6 is 11.8 Å². The van der Waals surface area contributed by atoms with Crippen molar-refractivity contribution in [3.8, 4) is 0 Å². The molecule has 0 fully saturated rings. The first-order valence-electron chi connectivity index (χ1n) is 7.56. The van der Waals surface area contributed by atoms with Crippen molar-refractivity contribution in [3.05, 3.63) is 70.8 Å². The molecule has 1 N–H and O–H groups in total. The lowest BCUT2D eigenvalue weighted by molar-refractivity contribution is 0.544. The zero-order valence-corrected chi connectivity index (χ0v) is 13.7. The summed E-state index contributed by atoms with van der Waals surface area (Å²) >= 11 is 1.61. The standard InChI is InChI=1S/C18H18F2N2S/c1-12-3-2-4-13(9-12)10-17(22-18-21-7-8-23-18)15-11-14(19)5-6-16(15)20/h2-6,9,11,17H,7-8,10H2,1H3,(H,21,22). The van der Waals surface area contributed by atoms with Crippen LogP contribution in [-0.2, 0) is 6.42 Å². The molecule has 1 aliphatic rings. The molecule has 0 bridgehead atoms. The van der Waals surface area contributed by atoms with Gasteiger partial charge in [-0.3, -0.25) is 4.99 Å². The lowest BCUT2D eigenvalue weighted by Crippen LogP contribution is -2.28. The van der Waals surface area contributed by atoms with Gasteiger partial charge in [0.2, 0.25) is 0 Å². The predicted octanol–water partition coefficient (Wildman–Crippen LogP) is 4.25. The summed E-state index contributed by atoms with van der Waals surface area (Å²) in [6.45, 7) is 2.78. The first-order valence-corrected chi connectivity index (χ1v) is 8.54. The lowest BCUT2D eigenvalue weighted by atomic mass is 9.97. The van der Waals surface area contributed by atoms with Gasteiger partial charge in [0.25, 0.3) is 0 Å². The van der Waals surface area contributed by atoms with Crippen molar-refractivity contribution in [2.45, 2.75) is 19.4 Å². The summed E-state index contributed by atoms with van der Waals surface area (Å²) in [5.74, 6) is 0.0871. The maximum Gasteiger partial charge on any atom is 0.157 e. The van der Waals surface area contributed by atoms with E-state index in [2.05, 4.69) is 16.4 Å². The molecule has 2 aromatic rings. The molecule has 3 rings (SSSR count). The highest BCUT2D eigenvalue weighted by Crippen LogP contribution is 2.25. The van der Waals surface area contributed by atoms with Crippen molar-refractivity contribution in [3.63, 3.8) is 0 Å². The summed E-state index contributed by atoms with van der Waals surface area (Å²) in [5, 5.41) is 4.07. The van der Waals surface area contributed by atoms with Crippen molar-refractivity contribution in [2.24, 2.45) is 4.99 Å². The van der Waals surface area contributed by atoms with Crippen LogP contribution in [0.2, 0.25) is 0 Å². The number of amidine groups is 1. The van der Waals surface area contributed by atoms with Crippen molar-refractivity contribution < 1.29 is 8.78 Å². The number of thioether (sulfide) groups is 1. The van der Waals surface area contributed by atoms with Gasteiger partial charge in [-0.25, -0.2) is 8.78 Å². The number of aryl methyl sites for hydroxylation is 1. The number of benzene rings is 2.